The van der Waals surface area contributed by atoms with Crippen LogP contribution < -0.4 is 0 Å². The first-order valence-electron chi connectivity index (χ1n) is 15.5. The van der Waals surface area contributed by atoms with Crippen LogP contribution >= 0.6 is 11.8 Å². The molecule has 6 aromatic rings. The Morgan fingerprint density at radius 2 is 1.26 bits per heavy atom. The quantitative estimate of drug-likeness (QED) is 0.170. The topological polar surface area (TPSA) is 58.9 Å². The van der Waals surface area contributed by atoms with Gasteiger partial charge in [-0.3, -0.25) is 4.98 Å². The van der Waals surface area contributed by atoms with Gasteiger partial charge in [-0.15, -0.1) is 23.8 Å². The SMILES string of the molecule is CC(C)(C)c1cc(-c2cc(-c3[c-]c(Sc4ccccn4)cc(-c4ccccc4)c3)nc(-c3ccccc3O)n2)cc(C(C)(C)C)c1.[Pt]. The Morgan fingerprint density at radius 1 is 0.617 bits per heavy atom. The minimum atomic E-state index is -0.0538. The second-order valence-corrected chi connectivity index (χ2v) is 14.6. The van der Waals surface area contributed by atoms with Gasteiger partial charge in [0.1, 0.15) is 5.75 Å². The number of phenols is 1. The van der Waals surface area contributed by atoms with E-state index < -0.39 is 0 Å². The zero-order chi connectivity index (χ0) is 32.5. The first kappa shape index (κ1) is 34.3. The average molecular weight is 816 g/mol. The maximum atomic E-state index is 10.9. The Kier molecular flexibility index (Phi) is 10.2. The minimum Gasteiger partial charge on any atom is -0.507 e. The molecule has 0 saturated carbocycles. The first-order chi connectivity index (χ1) is 21.9. The van der Waals surface area contributed by atoms with Crippen molar-refractivity contribution in [2.45, 2.75) is 62.3 Å². The number of pyridine rings is 1. The van der Waals surface area contributed by atoms with E-state index >= 15 is 0 Å². The van der Waals surface area contributed by atoms with Crippen molar-refractivity contribution in [2.24, 2.45) is 0 Å². The largest absolute Gasteiger partial charge is 0.507 e. The molecule has 0 unspecified atom stereocenters. The van der Waals surface area contributed by atoms with Gasteiger partial charge in [-0.05, 0) is 69.6 Å². The molecule has 0 aliphatic carbocycles. The summed E-state index contributed by atoms with van der Waals surface area (Å²) in [5, 5.41) is 11.8. The molecule has 47 heavy (non-hydrogen) atoms. The van der Waals surface area contributed by atoms with Gasteiger partial charge < -0.3 is 5.11 Å². The molecule has 0 fully saturated rings. The fraction of sp³-hybridized carbons (Fsp3) is 0.195. The number of benzene rings is 4. The smallest absolute Gasteiger partial charge is 0.154 e. The molecule has 0 atom stereocenters. The third kappa shape index (κ3) is 8.09. The number of rotatable bonds is 6. The van der Waals surface area contributed by atoms with Crippen molar-refractivity contribution in [1.82, 2.24) is 15.0 Å². The molecule has 2 aromatic heterocycles. The molecule has 1 N–H and O–H groups in total. The van der Waals surface area contributed by atoms with Gasteiger partial charge in [0.25, 0.3) is 0 Å². The number of phenolic OH excluding ortho intramolecular Hbond substituents is 1. The van der Waals surface area contributed by atoms with E-state index in [2.05, 4.69) is 95.1 Å². The van der Waals surface area contributed by atoms with Crippen molar-refractivity contribution >= 4 is 11.8 Å². The normalized spacial score (nSPS) is 11.6. The molecule has 0 aliphatic heterocycles. The second-order valence-electron chi connectivity index (χ2n) is 13.6. The van der Waals surface area contributed by atoms with Crippen LogP contribution in [0.5, 0.6) is 5.75 Å². The number of hydrogen-bond donors (Lipinski definition) is 1. The van der Waals surface area contributed by atoms with Crippen LogP contribution in [-0.2, 0) is 31.9 Å². The van der Waals surface area contributed by atoms with Crippen LogP contribution in [0.1, 0.15) is 52.7 Å². The van der Waals surface area contributed by atoms with Crippen molar-refractivity contribution in [2.75, 3.05) is 0 Å². The van der Waals surface area contributed by atoms with E-state index in [0.717, 1.165) is 43.6 Å². The minimum absolute atomic E-state index is 0. The van der Waals surface area contributed by atoms with E-state index in [1.54, 1.807) is 24.0 Å². The molecule has 0 saturated heterocycles. The molecule has 0 spiro atoms. The number of aromatic hydroxyl groups is 1. The third-order valence-corrected chi connectivity index (χ3v) is 8.80. The monoisotopic (exact) mass is 815 g/mol. The zero-order valence-corrected chi connectivity index (χ0v) is 30.6. The maximum absolute atomic E-state index is 10.9. The van der Waals surface area contributed by atoms with E-state index in [0.29, 0.717) is 11.4 Å². The van der Waals surface area contributed by atoms with Crippen molar-refractivity contribution in [1.29, 1.82) is 0 Å². The third-order valence-electron chi connectivity index (χ3n) is 7.91. The Balaban J connectivity index is 0.00000433. The Morgan fingerprint density at radius 3 is 1.89 bits per heavy atom. The molecule has 0 amide bonds. The van der Waals surface area contributed by atoms with Gasteiger partial charge in [0, 0.05) is 32.8 Å². The predicted molar refractivity (Wildman–Crippen MR) is 190 cm³/mol. The van der Waals surface area contributed by atoms with E-state index in [1.807, 2.05) is 60.7 Å². The van der Waals surface area contributed by atoms with Gasteiger partial charge in [0.15, 0.2) is 5.82 Å². The summed E-state index contributed by atoms with van der Waals surface area (Å²) in [5.41, 5.74) is 8.48. The second kappa shape index (κ2) is 14.0. The summed E-state index contributed by atoms with van der Waals surface area (Å²) >= 11 is 1.57. The molecule has 4 nitrogen and oxygen atoms in total. The van der Waals surface area contributed by atoms with Gasteiger partial charge in [0.2, 0.25) is 0 Å². The number of aromatic nitrogens is 3. The van der Waals surface area contributed by atoms with Gasteiger partial charge >= 0.3 is 0 Å². The fourth-order valence-electron chi connectivity index (χ4n) is 5.21. The molecular weight excluding hydrogens is 778 g/mol. The van der Waals surface area contributed by atoms with Crippen LogP contribution in [0.15, 0.2) is 125 Å². The van der Waals surface area contributed by atoms with Crippen LogP contribution in [0.4, 0.5) is 0 Å². The molecule has 2 heterocycles. The summed E-state index contributed by atoms with van der Waals surface area (Å²) in [5.74, 6) is 0.597. The molecular formula is C41H38N3OPtS-. The van der Waals surface area contributed by atoms with Crippen LogP contribution in [-0.4, -0.2) is 20.1 Å². The number of para-hydroxylation sites is 1. The summed E-state index contributed by atoms with van der Waals surface area (Å²) < 4.78 is 0. The van der Waals surface area contributed by atoms with Crippen molar-refractivity contribution in [3.8, 4) is 50.8 Å². The van der Waals surface area contributed by atoms with Gasteiger partial charge in [-0.2, -0.15) is 0 Å². The summed E-state index contributed by atoms with van der Waals surface area (Å²) in [7, 11) is 0. The van der Waals surface area contributed by atoms with E-state index in [1.165, 1.54) is 11.1 Å². The Labute approximate surface area is 297 Å². The van der Waals surface area contributed by atoms with E-state index in [4.69, 9.17) is 9.97 Å². The van der Waals surface area contributed by atoms with Crippen LogP contribution in [0.25, 0.3) is 45.0 Å². The molecule has 0 radical (unpaired) electrons. The number of nitrogens with zero attached hydrogens (tertiary/aromatic N) is 3. The average Bonchev–Trinajstić information content (AvgIpc) is 3.04. The molecule has 4 aromatic carbocycles. The molecule has 240 valence electrons. The van der Waals surface area contributed by atoms with Crippen molar-refractivity contribution in [3.05, 3.63) is 133 Å². The molecule has 6 heteroatoms. The van der Waals surface area contributed by atoms with Crippen molar-refractivity contribution in [3.63, 3.8) is 0 Å². The summed E-state index contributed by atoms with van der Waals surface area (Å²) in [4.78, 5) is 15.6. The Bertz CT molecular complexity index is 1970. The summed E-state index contributed by atoms with van der Waals surface area (Å²) in [6.45, 7) is 13.4. The van der Waals surface area contributed by atoms with Crippen molar-refractivity contribution < 1.29 is 26.2 Å². The summed E-state index contributed by atoms with van der Waals surface area (Å²) in [6.07, 6.45) is 1.80. The summed E-state index contributed by atoms with van der Waals surface area (Å²) in [6, 6.07) is 40.2. The molecule has 6 rings (SSSR count). The van der Waals surface area contributed by atoms with E-state index in [-0.39, 0.29) is 37.6 Å². The fourth-order valence-corrected chi connectivity index (χ4v) is 6.04. The van der Waals surface area contributed by atoms with Crippen LogP contribution in [0, 0.1) is 6.07 Å². The van der Waals surface area contributed by atoms with Crippen LogP contribution in [0.3, 0.4) is 0 Å². The standard InChI is InChI=1S/C41H38N3OS.Pt/c1-40(2,3)31-21-30(22-32(25-31)41(4,5)6)36-26-35(43-39(44-36)34-16-10-11-17-37(34)45)29-20-28(27-14-8-7-9-15-27)23-33(24-29)46-38-18-12-13-19-42-38;/h7-23,25-26,45H,1-6H3;/q-1;. The van der Waals surface area contributed by atoms with Gasteiger partial charge in [-0.25, -0.2) is 9.97 Å². The zero-order valence-electron chi connectivity index (χ0n) is 27.5. The Hall–Kier alpha value is -4.05. The predicted octanol–water partition coefficient (Wildman–Crippen LogP) is 10.8. The molecule has 0 bridgehead atoms. The van der Waals surface area contributed by atoms with E-state index in [9.17, 15) is 5.11 Å². The van der Waals surface area contributed by atoms with Gasteiger partial charge in [0.05, 0.1) is 16.3 Å². The van der Waals surface area contributed by atoms with Gasteiger partial charge in [-0.1, -0.05) is 124 Å². The first-order valence-corrected chi connectivity index (χ1v) is 16.3. The number of hydrogen-bond acceptors (Lipinski definition) is 5. The maximum Gasteiger partial charge on any atom is 0.154 e. The molecule has 0 aliphatic rings. The van der Waals surface area contributed by atoms with Crippen LogP contribution in [0.2, 0.25) is 0 Å².